The molecular weight excluding hydrogens is 332 g/mol. The van der Waals surface area contributed by atoms with Gasteiger partial charge < -0.3 is 0 Å². The molecule has 3 aromatic rings. The zero-order chi connectivity index (χ0) is 18.5. The molecule has 0 aliphatic heterocycles. The van der Waals surface area contributed by atoms with Crippen molar-refractivity contribution in [2.45, 2.75) is 0 Å². The molecule has 0 aliphatic carbocycles. The van der Waals surface area contributed by atoms with E-state index in [-0.39, 0.29) is 0 Å². The molecule has 128 valence electrons. The molecule has 0 bridgehead atoms. The number of rotatable bonds is 5. The quantitative estimate of drug-likeness (QED) is 0.354. The first-order valence-electron chi connectivity index (χ1n) is 7.81. The van der Waals surface area contributed by atoms with Crippen LogP contribution < -0.4 is 0 Å². The smallest absolute Gasteiger partial charge is 0.258 e. The molecule has 0 aliphatic rings. The number of nitro groups is 2. The Morgan fingerprint density at radius 3 is 2.04 bits per heavy atom. The molecule has 0 amide bonds. The highest BCUT2D eigenvalue weighted by Gasteiger charge is 2.24. The van der Waals surface area contributed by atoms with E-state index in [1.807, 2.05) is 66.7 Å². The fourth-order valence-electron chi connectivity index (χ4n) is 2.65. The summed E-state index contributed by atoms with van der Waals surface area (Å²) in [7, 11) is 0. The van der Waals surface area contributed by atoms with Gasteiger partial charge in [-0.05, 0) is 28.3 Å². The molecule has 0 saturated heterocycles. The second kappa shape index (κ2) is 7.40. The summed E-state index contributed by atoms with van der Waals surface area (Å²) in [6.45, 7) is 0. The first-order valence-corrected chi connectivity index (χ1v) is 7.81. The maximum absolute atomic E-state index is 11.2. The molecule has 0 atom stereocenters. The lowest BCUT2D eigenvalue weighted by molar-refractivity contribution is -0.422. The normalized spacial score (nSPS) is 10.8. The SMILES string of the molecule is O=[N+]([O-])c1ccc(-c2ccccc2/C=C\c2ccccc2)cc1[N+](=O)[O-]. The Labute approximate surface area is 149 Å². The summed E-state index contributed by atoms with van der Waals surface area (Å²) in [4.78, 5) is 20.7. The predicted octanol–water partition coefficient (Wildman–Crippen LogP) is 5.34. The highest BCUT2D eigenvalue weighted by molar-refractivity contribution is 5.82. The van der Waals surface area contributed by atoms with Crippen LogP contribution in [0.25, 0.3) is 23.3 Å². The van der Waals surface area contributed by atoms with Crippen molar-refractivity contribution in [3.63, 3.8) is 0 Å². The van der Waals surface area contributed by atoms with Gasteiger partial charge in [-0.15, -0.1) is 0 Å². The summed E-state index contributed by atoms with van der Waals surface area (Å²) >= 11 is 0. The number of hydrogen-bond acceptors (Lipinski definition) is 4. The number of hydrogen-bond donors (Lipinski definition) is 0. The predicted molar refractivity (Wildman–Crippen MR) is 101 cm³/mol. The van der Waals surface area contributed by atoms with Gasteiger partial charge in [-0.25, -0.2) is 0 Å². The van der Waals surface area contributed by atoms with Gasteiger partial charge in [-0.3, -0.25) is 20.2 Å². The van der Waals surface area contributed by atoms with Gasteiger partial charge in [0.1, 0.15) is 0 Å². The zero-order valence-corrected chi connectivity index (χ0v) is 13.6. The largest absolute Gasteiger partial charge is 0.346 e. The van der Waals surface area contributed by atoms with Crippen LogP contribution in [0.15, 0.2) is 72.8 Å². The second-order valence-corrected chi connectivity index (χ2v) is 5.55. The Morgan fingerprint density at radius 2 is 1.35 bits per heavy atom. The van der Waals surface area contributed by atoms with Crippen molar-refractivity contribution in [3.8, 4) is 11.1 Å². The Balaban J connectivity index is 2.05. The van der Waals surface area contributed by atoms with Crippen LogP contribution in [0.3, 0.4) is 0 Å². The molecule has 0 N–H and O–H groups in total. The van der Waals surface area contributed by atoms with Gasteiger partial charge >= 0.3 is 11.4 Å². The Morgan fingerprint density at radius 1 is 0.692 bits per heavy atom. The van der Waals surface area contributed by atoms with E-state index in [9.17, 15) is 20.2 Å². The minimum atomic E-state index is -0.747. The van der Waals surface area contributed by atoms with Crippen molar-refractivity contribution in [2.75, 3.05) is 0 Å². The summed E-state index contributed by atoms with van der Waals surface area (Å²) in [5.74, 6) is 0. The van der Waals surface area contributed by atoms with Crippen molar-refractivity contribution < 1.29 is 9.85 Å². The third-order valence-corrected chi connectivity index (χ3v) is 3.90. The molecule has 0 unspecified atom stereocenters. The minimum absolute atomic E-state index is 0.518. The van der Waals surface area contributed by atoms with Crippen LogP contribution in [0.2, 0.25) is 0 Å². The van der Waals surface area contributed by atoms with Crippen LogP contribution >= 0.6 is 0 Å². The first-order chi connectivity index (χ1) is 12.6. The molecule has 0 spiro atoms. The lowest BCUT2D eigenvalue weighted by Gasteiger charge is -2.07. The van der Waals surface area contributed by atoms with Crippen molar-refractivity contribution in [3.05, 3.63) is 104 Å². The lowest BCUT2D eigenvalue weighted by Crippen LogP contribution is -1.97. The highest BCUT2D eigenvalue weighted by atomic mass is 16.6. The van der Waals surface area contributed by atoms with E-state index < -0.39 is 21.2 Å². The van der Waals surface area contributed by atoms with Crippen LogP contribution in [0, 0.1) is 20.2 Å². The standard InChI is InChI=1S/C20H14N2O4/c23-21(24)19-13-12-17(14-20(19)22(25)26)18-9-5-4-8-16(18)11-10-15-6-2-1-3-7-15/h1-14H/b11-10-. The number of nitrogens with zero attached hydrogens (tertiary/aromatic N) is 2. The molecular formula is C20H14N2O4. The van der Waals surface area contributed by atoms with E-state index in [0.717, 1.165) is 16.7 Å². The van der Waals surface area contributed by atoms with Gasteiger partial charge in [0, 0.05) is 12.1 Å². The maximum Gasteiger partial charge on any atom is 0.346 e. The third-order valence-electron chi connectivity index (χ3n) is 3.90. The number of nitro benzene ring substituents is 2. The average molecular weight is 346 g/mol. The zero-order valence-electron chi connectivity index (χ0n) is 13.6. The minimum Gasteiger partial charge on any atom is -0.258 e. The van der Waals surface area contributed by atoms with E-state index >= 15 is 0 Å². The van der Waals surface area contributed by atoms with Gasteiger partial charge in [0.2, 0.25) is 0 Å². The van der Waals surface area contributed by atoms with Crippen LogP contribution in [-0.2, 0) is 0 Å². The van der Waals surface area contributed by atoms with E-state index in [0.29, 0.717) is 5.56 Å². The van der Waals surface area contributed by atoms with Crippen LogP contribution in [0.4, 0.5) is 11.4 Å². The van der Waals surface area contributed by atoms with Gasteiger partial charge in [0.05, 0.1) is 9.85 Å². The fraction of sp³-hybridized carbons (Fsp3) is 0. The summed E-state index contributed by atoms with van der Waals surface area (Å²) < 4.78 is 0. The molecule has 0 radical (unpaired) electrons. The van der Waals surface area contributed by atoms with E-state index in [1.165, 1.54) is 18.2 Å². The summed E-state index contributed by atoms with van der Waals surface area (Å²) in [5, 5.41) is 22.2. The third kappa shape index (κ3) is 3.64. The topological polar surface area (TPSA) is 86.3 Å². The van der Waals surface area contributed by atoms with Gasteiger partial charge in [0.15, 0.2) is 0 Å². The average Bonchev–Trinajstić information content (AvgIpc) is 2.67. The van der Waals surface area contributed by atoms with Gasteiger partial charge in [-0.1, -0.05) is 66.7 Å². The maximum atomic E-state index is 11.2. The molecule has 0 aromatic heterocycles. The molecule has 6 nitrogen and oxygen atoms in total. The Kier molecular flexibility index (Phi) is 4.85. The summed E-state index contributed by atoms with van der Waals surface area (Å²) in [6, 6.07) is 21.1. The van der Waals surface area contributed by atoms with Gasteiger partial charge in [-0.2, -0.15) is 0 Å². The van der Waals surface area contributed by atoms with E-state index in [4.69, 9.17) is 0 Å². The summed E-state index contributed by atoms with van der Waals surface area (Å²) in [5.41, 5.74) is 2.16. The molecule has 0 fully saturated rings. The van der Waals surface area contributed by atoms with E-state index in [2.05, 4.69) is 0 Å². The molecule has 6 heteroatoms. The van der Waals surface area contributed by atoms with Crippen LogP contribution in [-0.4, -0.2) is 9.85 Å². The van der Waals surface area contributed by atoms with Crippen molar-refractivity contribution >= 4 is 23.5 Å². The molecule has 0 saturated carbocycles. The molecule has 3 aromatic carbocycles. The molecule has 0 heterocycles. The van der Waals surface area contributed by atoms with Crippen molar-refractivity contribution in [1.82, 2.24) is 0 Å². The molecule has 3 rings (SSSR count). The number of benzene rings is 3. The Bertz CT molecular complexity index is 998. The van der Waals surface area contributed by atoms with Crippen LogP contribution in [0.1, 0.15) is 11.1 Å². The van der Waals surface area contributed by atoms with Crippen molar-refractivity contribution in [1.29, 1.82) is 0 Å². The van der Waals surface area contributed by atoms with E-state index in [1.54, 1.807) is 0 Å². The van der Waals surface area contributed by atoms with Crippen LogP contribution in [0.5, 0.6) is 0 Å². The first kappa shape index (κ1) is 17.0. The van der Waals surface area contributed by atoms with Gasteiger partial charge in [0.25, 0.3) is 0 Å². The second-order valence-electron chi connectivity index (χ2n) is 5.55. The fourth-order valence-corrected chi connectivity index (χ4v) is 2.65. The molecule has 26 heavy (non-hydrogen) atoms. The summed E-state index contributed by atoms with van der Waals surface area (Å²) in [6.07, 6.45) is 3.86. The lowest BCUT2D eigenvalue weighted by atomic mass is 9.98. The van der Waals surface area contributed by atoms with Crippen molar-refractivity contribution in [2.24, 2.45) is 0 Å². The highest BCUT2D eigenvalue weighted by Crippen LogP contribution is 2.33. The Hall–Kier alpha value is -3.80. The monoisotopic (exact) mass is 346 g/mol.